The molecule has 0 radical (unpaired) electrons. The molecule has 0 saturated carbocycles. The molecule has 424 valence electrons. The molecule has 2 rings (SSSR count). The molecule has 0 aliphatic carbocycles. The number of aliphatic carboxylic acids is 1. The van der Waals surface area contributed by atoms with Crippen LogP contribution in [0.2, 0.25) is 0 Å². The summed E-state index contributed by atoms with van der Waals surface area (Å²) in [7, 11) is 0. The van der Waals surface area contributed by atoms with Crippen molar-refractivity contribution < 1.29 is 66.5 Å². The molecule has 1 heterocycles. The Bertz CT molecular complexity index is 2280. The topological polar surface area (TPSA) is 474 Å². The number of nitrogens with one attached hydrogen (secondary N) is 8. The highest BCUT2D eigenvalue weighted by molar-refractivity contribution is 6.40. The molecule has 1 saturated heterocycles. The number of nitrogens with zero attached hydrogens (tertiary/aromatic N) is 2. The fraction of sp³-hybridized carbons (Fsp3) is 0.587. The van der Waals surface area contributed by atoms with Gasteiger partial charge in [0, 0.05) is 32.1 Å². The number of aliphatic imine (C=N–C) groups is 1. The molecule has 30 heteroatoms. The van der Waals surface area contributed by atoms with Crippen LogP contribution in [0.4, 0.5) is 13.2 Å². The lowest BCUT2D eigenvalue weighted by Gasteiger charge is -2.28. The number of nitrogens with two attached hydrogens (primary N) is 6. The summed E-state index contributed by atoms with van der Waals surface area (Å²) >= 11 is 0. The molecule has 0 bridgehead atoms. The van der Waals surface area contributed by atoms with Crippen molar-refractivity contribution in [1.29, 1.82) is 5.41 Å². The zero-order valence-electron chi connectivity index (χ0n) is 42.3. The summed E-state index contributed by atoms with van der Waals surface area (Å²) in [5, 5.41) is 43.8. The SMILES string of the molecule is C[C@H](NC(=O)[C@@H](NC(=O)[C@@H](N)CCCCN)[C@@H](O)CN)C(=O)NCC(=O)/N=C(\CCCN)C(=O)N1CCC[C@H]1C(=O)N[C@@H](Cc1cc(F)c(F)cc1F)C(=O)N[C@@H](CCCCN)C(=O)N/C(=C\CCNC(=N)N)C(=O)O. The highest BCUT2D eigenvalue weighted by atomic mass is 19.2. The van der Waals surface area contributed by atoms with Crippen LogP contribution in [-0.4, -0.2) is 168 Å². The Hall–Kier alpha value is -7.12. The van der Waals surface area contributed by atoms with Crippen LogP contribution in [0.25, 0.3) is 0 Å². The highest BCUT2D eigenvalue weighted by Gasteiger charge is 2.39. The van der Waals surface area contributed by atoms with E-state index in [9.17, 15) is 62.1 Å². The Balaban J connectivity index is 2.35. The molecule has 7 atom stereocenters. The van der Waals surface area contributed by atoms with Crippen molar-refractivity contribution in [2.75, 3.05) is 45.8 Å². The predicted molar refractivity (Wildman–Crippen MR) is 269 cm³/mol. The third-order valence-electron chi connectivity index (χ3n) is 11.6. The molecule has 76 heavy (non-hydrogen) atoms. The van der Waals surface area contributed by atoms with Gasteiger partial charge < -0.3 is 86.7 Å². The molecule has 8 amide bonds. The summed E-state index contributed by atoms with van der Waals surface area (Å²) in [6, 6.07) is -8.06. The van der Waals surface area contributed by atoms with Crippen LogP contribution in [0.5, 0.6) is 0 Å². The molecule has 27 nitrogen and oxygen atoms in total. The molecule has 1 aromatic carbocycles. The molecule has 0 unspecified atom stereocenters. The average Bonchev–Trinajstić information content (AvgIpc) is 3.87. The van der Waals surface area contributed by atoms with Gasteiger partial charge in [-0.2, -0.15) is 0 Å². The normalized spacial score (nSPS) is 16.0. The lowest BCUT2D eigenvalue weighted by atomic mass is 10.0. The zero-order chi connectivity index (χ0) is 57.1. The highest BCUT2D eigenvalue weighted by Crippen LogP contribution is 2.21. The number of unbranched alkanes of at least 4 members (excludes halogenated alkanes) is 2. The number of amides is 8. The number of aliphatic hydroxyl groups is 1. The number of benzene rings is 1. The Morgan fingerprint density at radius 2 is 1.45 bits per heavy atom. The molecular formula is C46H73F3N16O11. The van der Waals surface area contributed by atoms with Gasteiger partial charge >= 0.3 is 5.97 Å². The summed E-state index contributed by atoms with van der Waals surface area (Å²) in [6.07, 6.45) is 0.595. The molecule has 22 N–H and O–H groups in total. The number of rotatable bonds is 33. The summed E-state index contributed by atoms with van der Waals surface area (Å²) in [5.74, 6) is -14.1. The smallest absolute Gasteiger partial charge is 0.352 e. The van der Waals surface area contributed by atoms with Crippen LogP contribution < -0.4 is 71.6 Å². The van der Waals surface area contributed by atoms with E-state index in [2.05, 4.69) is 42.2 Å². The first-order valence-corrected chi connectivity index (χ1v) is 24.6. The molecule has 1 fully saturated rings. The van der Waals surface area contributed by atoms with Gasteiger partial charge in [0.15, 0.2) is 17.6 Å². The zero-order valence-corrected chi connectivity index (χ0v) is 42.3. The molecular weight excluding hydrogens is 1010 g/mol. The van der Waals surface area contributed by atoms with Gasteiger partial charge in [0.05, 0.1) is 18.7 Å². The fourth-order valence-corrected chi connectivity index (χ4v) is 7.46. The van der Waals surface area contributed by atoms with Crippen molar-refractivity contribution in [3.63, 3.8) is 0 Å². The van der Waals surface area contributed by atoms with E-state index in [1.165, 1.54) is 6.92 Å². The number of hydrogen-bond donors (Lipinski definition) is 16. The van der Waals surface area contributed by atoms with Crippen LogP contribution in [0.15, 0.2) is 28.9 Å². The Morgan fingerprint density at radius 1 is 0.803 bits per heavy atom. The van der Waals surface area contributed by atoms with Gasteiger partial charge in [-0.25, -0.2) is 23.0 Å². The number of carbonyl (C=O) groups is 9. The van der Waals surface area contributed by atoms with Crippen LogP contribution in [0.3, 0.4) is 0 Å². The molecule has 1 aliphatic heterocycles. The minimum Gasteiger partial charge on any atom is -0.477 e. The third kappa shape index (κ3) is 22.0. The van der Waals surface area contributed by atoms with E-state index in [1.807, 2.05) is 0 Å². The number of aliphatic hydroxyl groups excluding tert-OH is 1. The molecule has 1 aliphatic rings. The Kier molecular flexibility index (Phi) is 28.8. The number of carbonyl (C=O) groups excluding carboxylic acids is 8. The maximum absolute atomic E-state index is 15.1. The largest absolute Gasteiger partial charge is 0.477 e. The second kappa shape index (κ2) is 33.7. The quantitative estimate of drug-likeness (QED) is 0.0103. The predicted octanol–water partition coefficient (Wildman–Crippen LogP) is -4.72. The number of likely N-dealkylation sites (tertiary alicyclic amines) is 1. The van der Waals surface area contributed by atoms with E-state index < -0.39 is 144 Å². The fourth-order valence-electron chi connectivity index (χ4n) is 7.46. The van der Waals surface area contributed by atoms with E-state index in [0.717, 1.165) is 11.0 Å². The Labute approximate surface area is 436 Å². The lowest BCUT2D eigenvalue weighted by Crippen LogP contribution is -2.60. The number of guanidine groups is 1. The first-order chi connectivity index (χ1) is 36.0. The van der Waals surface area contributed by atoms with Gasteiger partial charge in [0.1, 0.15) is 47.4 Å². The Morgan fingerprint density at radius 3 is 2.07 bits per heavy atom. The summed E-state index contributed by atoms with van der Waals surface area (Å²) in [5.41, 5.74) is 31.9. The van der Waals surface area contributed by atoms with Gasteiger partial charge in [-0.1, -0.05) is 12.5 Å². The third-order valence-corrected chi connectivity index (χ3v) is 11.6. The molecule has 0 spiro atoms. The van der Waals surface area contributed by atoms with Crippen LogP contribution in [0, 0.1) is 22.9 Å². The van der Waals surface area contributed by atoms with Crippen molar-refractivity contribution in [3.8, 4) is 0 Å². The summed E-state index contributed by atoms with van der Waals surface area (Å²) in [4.78, 5) is 125. The molecule has 0 aromatic heterocycles. The van der Waals surface area contributed by atoms with E-state index in [1.54, 1.807) is 0 Å². The van der Waals surface area contributed by atoms with Crippen molar-refractivity contribution in [2.45, 2.75) is 126 Å². The number of carboxylic acids is 1. The van der Waals surface area contributed by atoms with E-state index in [4.69, 9.17) is 39.8 Å². The standard InChI is InChI=1S/C46H73F3N16O11/c1-24(59-43(73)37(35(66)22-53)64-39(69)29(54)9-2-4-14-50)38(68)58-23-36(67)60-31(11-6-16-52)44(74)65-18-8-13-34(65)42(72)63-33(20-25-19-27(48)28(49)21-26(25)47)41(71)61-30(10-3-5-15-51)40(70)62-32(45(75)76)12-7-17-57-46(55)56/h12,19,21,24,29-30,33-35,37,66H,2-11,13-18,20,22-23,50-54H2,1H3,(H,58,68)(H,59,73)(H,61,71)(H,62,70)(H,63,72)(H,64,69)(H,75,76)(H4,55,56,57)/b32-12-,60-31+/t24-,29-,30-,33-,34-,35-,37-/m0/s1. The van der Waals surface area contributed by atoms with Gasteiger partial charge in [-0.3, -0.25) is 43.8 Å². The van der Waals surface area contributed by atoms with Crippen molar-refractivity contribution >= 4 is 64.9 Å². The van der Waals surface area contributed by atoms with Gasteiger partial charge in [0.2, 0.25) is 35.4 Å². The van der Waals surface area contributed by atoms with Gasteiger partial charge in [-0.15, -0.1) is 0 Å². The monoisotopic (exact) mass is 1080 g/mol. The van der Waals surface area contributed by atoms with E-state index in [0.29, 0.717) is 31.9 Å². The van der Waals surface area contributed by atoms with Crippen LogP contribution in [-0.2, 0) is 49.6 Å². The van der Waals surface area contributed by atoms with E-state index >= 15 is 4.39 Å². The minimum atomic E-state index is -1.85. The van der Waals surface area contributed by atoms with Crippen molar-refractivity contribution in [2.24, 2.45) is 39.4 Å². The second-order valence-corrected chi connectivity index (χ2v) is 17.6. The maximum atomic E-state index is 15.1. The number of halogens is 3. The summed E-state index contributed by atoms with van der Waals surface area (Å²) < 4.78 is 43.5. The van der Waals surface area contributed by atoms with Gasteiger partial charge in [-0.05, 0) is 102 Å². The van der Waals surface area contributed by atoms with E-state index in [-0.39, 0.29) is 95.3 Å². The first-order valence-electron chi connectivity index (χ1n) is 24.6. The number of hydrogen-bond acceptors (Lipinski definition) is 16. The maximum Gasteiger partial charge on any atom is 0.352 e. The van der Waals surface area contributed by atoms with Crippen LogP contribution >= 0.6 is 0 Å². The lowest BCUT2D eigenvalue weighted by molar-refractivity contribution is -0.137. The van der Waals surface area contributed by atoms with Crippen LogP contribution in [0.1, 0.15) is 83.1 Å². The number of carboxylic acid groups (broad SMARTS) is 1. The summed E-state index contributed by atoms with van der Waals surface area (Å²) in [6.45, 7) is 0.484. The van der Waals surface area contributed by atoms with Gasteiger partial charge in [0.25, 0.3) is 11.8 Å². The minimum absolute atomic E-state index is 0.0139. The first kappa shape index (κ1) is 65.0. The average molecular weight is 1080 g/mol. The second-order valence-electron chi connectivity index (χ2n) is 17.6. The molecule has 1 aromatic rings. The van der Waals surface area contributed by atoms with Crippen molar-refractivity contribution in [3.05, 3.63) is 46.9 Å². The van der Waals surface area contributed by atoms with Crippen molar-refractivity contribution in [1.82, 2.24) is 42.1 Å².